The maximum atomic E-state index is 12.3. The number of benzene rings is 2. The molecule has 21 heavy (non-hydrogen) atoms. The second kappa shape index (κ2) is 5.92. The van der Waals surface area contributed by atoms with E-state index in [1.54, 1.807) is 0 Å². The molecule has 0 amide bonds. The van der Waals surface area contributed by atoms with E-state index in [1.807, 2.05) is 60.7 Å². The first-order valence-electron chi connectivity index (χ1n) is 7.04. The lowest BCUT2D eigenvalue weighted by Gasteiger charge is -2.19. The number of hydrogen-bond acceptors (Lipinski definition) is 3. The van der Waals surface area contributed by atoms with E-state index in [2.05, 4.69) is 4.99 Å². The van der Waals surface area contributed by atoms with Crippen LogP contribution in [0.1, 0.15) is 17.0 Å². The highest BCUT2D eigenvalue weighted by molar-refractivity contribution is 6.13. The zero-order chi connectivity index (χ0) is 14.7. The van der Waals surface area contributed by atoms with Crippen LogP contribution in [0.15, 0.2) is 65.7 Å². The van der Waals surface area contributed by atoms with Gasteiger partial charge in [0.1, 0.15) is 5.92 Å². The van der Waals surface area contributed by atoms with E-state index in [0.717, 1.165) is 16.8 Å². The largest absolute Gasteiger partial charge is 0.468 e. The summed E-state index contributed by atoms with van der Waals surface area (Å²) in [5.41, 5.74) is 2.95. The Morgan fingerprint density at radius 1 is 1.05 bits per heavy atom. The molecule has 2 aromatic carbocycles. The molecule has 1 aliphatic rings. The zero-order valence-corrected chi connectivity index (χ0v) is 11.9. The van der Waals surface area contributed by atoms with Crippen LogP contribution in [-0.2, 0) is 9.53 Å². The molecule has 0 bridgehead atoms. The summed E-state index contributed by atoms with van der Waals surface area (Å²) in [6, 6.07) is 19.9. The van der Waals surface area contributed by atoms with E-state index in [4.69, 9.17) is 4.74 Å². The van der Waals surface area contributed by atoms with Gasteiger partial charge in [-0.15, -0.1) is 0 Å². The number of nitrogens with zero attached hydrogens (tertiary/aromatic N) is 1. The fourth-order valence-electron chi connectivity index (χ4n) is 2.87. The average Bonchev–Trinajstić information content (AvgIpc) is 3.00. The van der Waals surface area contributed by atoms with E-state index in [0.29, 0.717) is 6.54 Å². The van der Waals surface area contributed by atoms with Crippen molar-refractivity contribution in [2.45, 2.75) is 5.92 Å². The number of carbonyl (C=O) groups excluding carboxylic acids is 1. The molecule has 0 saturated carbocycles. The summed E-state index contributed by atoms with van der Waals surface area (Å²) in [6.45, 7) is 0.619. The summed E-state index contributed by atoms with van der Waals surface area (Å²) in [5.74, 6) is -0.502. The Balaban J connectivity index is 1.98. The first-order valence-corrected chi connectivity index (χ1v) is 7.04. The predicted octanol–water partition coefficient (Wildman–Crippen LogP) is 3.06. The van der Waals surface area contributed by atoms with Gasteiger partial charge >= 0.3 is 5.97 Å². The molecule has 3 nitrogen and oxygen atoms in total. The predicted molar refractivity (Wildman–Crippen MR) is 82.5 cm³/mol. The number of hydrogen-bond donors (Lipinski definition) is 0. The number of aliphatic imine (C=N–C) groups is 1. The van der Waals surface area contributed by atoms with Gasteiger partial charge in [-0.3, -0.25) is 9.79 Å². The Hall–Kier alpha value is -2.42. The fourth-order valence-corrected chi connectivity index (χ4v) is 2.87. The first kappa shape index (κ1) is 13.6. The number of esters is 1. The Bertz CT molecular complexity index is 649. The lowest BCUT2D eigenvalue weighted by molar-refractivity contribution is -0.143. The van der Waals surface area contributed by atoms with E-state index in [-0.39, 0.29) is 17.8 Å². The Morgan fingerprint density at radius 3 is 2.29 bits per heavy atom. The summed E-state index contributed by atoms with van der Waals surface area (Å²) in [6.07, 6.45) is 0. The van der Waals surface area contributed by atoms with Gasteiger partial charge in [0.15, 0.2) is 0 Å². The lowest BCUT2D eigenvalue weighted by Crippen LogP contribution is -2.28. The second-order valence-corrected chi connectivity index (χ2v) is 5.11. The summed E-state index contributed by atoms with van der Waals surface area (Å²) in [5, 5.41) is 0. The quantitative estimate of drug-likeness (QED) is 0.810. The van der Waals surface area contributed by atoms with Gasteiger partial charge in [0, 0.05) is 12.5 Å². The van der Waals surface area contributed by atoms with Crippen molar-refractivity contribution in [3.05, 3.63) is 71.8 Å². The Labute approximate surface area is 124 Å². The van der Waals surface area contributed by atoms with Gasteiger partial charge in [-0.1, -0.05) is 60.7 Å². The molecule has 106 valence electrons. The van der Waals surface area contributed by atoms with Gasteiger partial charge in [0.25, 0.3) is 0 Å². The third-order valence-electron chi connectivity index (χ3n) is 3.91. The summed E-state index contributed by atoms with van der Waals surface area (Å²) in [7, 11) is 1.44. The molecule has 1 aliphatic heterocycles. The molecule has 0 fully saturated rings. The van der Waals surface area contributed by atoms with Crippen molar-refractivity contribution in [2.24, 2.45) is 10.9 Å². The van der Waals surface area contributed by atoms with Crippen LogP contribution in [0.5, 0.6) is 0 Å². The van der Waals surface area contributed by atoms with Gasteiger partial charge in [0.05, 0.1) is 12.8 Å². The first-order chi connectivity index (χ1) is 10.3. The summed E-state index contributed by atoms with van der Waals surface area (Å²) < 4.78 is 5.02. The molecular formula is C18H17NO2. The van der Waals surface area contributed by atoms with Gasteiger partial charge in [-0.25, -0.2) is 0 Å². The SMILES string of the molecule is COC(=O)[C@@H]1C(c2ccccc2)=NC[C@H]1c1ccccc1. The van der Waals surface area contributed by atoms with Crippen LogP contribution in [0.3, 0.4) is 0 Å². The minimum absolute atomic E-state index is 0.0499. The normalized spacial score (nSPS) is 20.9. The fraction of sp³-hybridized carbons (Fsp3) is 0.222. The van der Waals surface area contributed by atoms with Crippen LogP contribution >= 0.6 is 0 Å². The highest BCUT2D eigenvalue weighted by Crippen LogP contribution is 2.34. The molecule has 0 spiro atoms. The number of rotatable bonds is 3. The van der Waals surface area contributed by atoms with Crippen LogP contribution < -0.4 is 0 Å². The van der Waals surface area contributed by atoms with Crippen LogP contribution in [0.4, 0.5) is 0 Å². The number of ether oxygens (including phenoxy) is 1. The molecule has 2 aromatic rings. The third-order valence-corrected chi connectivity index (χ3v) is 3.91. The van der Waals surface area contributed by atoms with Crippen molar-refractivity contribution in [2.75, 3.05) is 13.7 Å². The summed E-state index contributed by atoms with van der Waals surface area (Å²) >= 11 is 0. The molecule has 0 radical (unpaired) electrons. The van der Waals surface area contributed by atoms with Crippen molar-refractivity contribution < 1.29 is 9.53 Å². The van der Waals surface area contributed by atoms with E-state index in [1.165, 1.54) is 7.11 Å². The smallest absolute Gasteiger partial charge is 0.315 e. The van der Waals surface area contributed by atoms with E-state index in [9.17, 15) is 4.79 Å². The maximum absolute atomic E-state index is 12.3. The molecule has 0 saturated heterocycles. The van der Waals surface area contributed by atoms with Gasteiger partial charge in [0.2, 0.25) is 0 Å². The second-order valence-electron chi connectivity index (χ2n) is 5.11. The topological polar surface area (TPSA) is 38.7 Å². The maximum Gasteiger partial charge on any atom is 0.315 e. The molecule has 0 aliphatic carbocycles. The van der Waals surface area contributed by atoms with E-state index >= 15 is 0 Å². The molecule has 3 heteroatoms. The van der Waals surface area contributed by atoms with Gasteiger partial charge in [-0.2, -0.15) is 0 Å². The lowest BCUT2D eigenvalue weighted by atomic mass is 9.83. The van der Waals surface area contributed by atoms with Crippen LogP contribution in [0.2, 0.25) is 0 Å². The van der Waals surface area contributed by atoms with Crippen molar-refractivity contribution in [3.8, 4) is 0 Å². The number of methoxy groups -OCH3 is 1. The van der Waals surface area contributed by atoms with Crippen molar-refractivity contribution in [1.82, 2.24) is 0 Å². The van der Waals surface area contributed by atoms with Crippen LogP contribution in [0, 0.1) is 5.92 Å². The summed E-state index contributed by atoms with van der Waals surface area (Å²) in [4.78, 5) is 16.9. The highest BCUT2D eigenvalue weighted by Gasteiger charge is 2.39. The molecule has 0 unspecified atom stereocenters. The van der Waals surface area contributed by atoms with Crippen molar-refractivity contribution in [1.29, 1.82) is 0 Å². The molecular weight excluding hydrogens is 262 g/mol. The van der Waals surface area contributed by atoms with Gasteiger partial charge in [-0.05, 0) is 11.1 Å². The standard InChI is InChI=1S/C18H17NO2/c1-21-18(20)16-15(13-8-4-2-5-9-13)12-19-17(16)14-10-6-3-7-11-14/h2-11,15-16H,12H2,1H3/t15-,16-/m0/s1. The average molecular weight is 279 g/mol. The molecule has 2 atom stereocenters. The molecule has 3 rings (SSSR count). The van der Waals surface area contributed by atoms with Gasteiger partial charge < -0.3 is 4.74 Å². The van der Waals surface area contributed by atoms with Crippen molar-refractivity contribution >= 4 is 11.7 Å². The molecule has 0 N–H and O–H groups in total. The molecule has 0 aromatic heterocycles. The molecule has 1 heterocycles. The van der Waals surface area contributed by atoms with Crippen LogP contribution in [-0.4, -0.2) is 25.3 Å². The van der Waals surface area contributed by atoms with Crippen molar-refractivity contribution in [3.63, 3.8) is 0 Å². The number of carbonyl (C=O) groups is 1. The Morgan fingerprint density at radius 2 is 1.67 bits per heavy atom. The minimum atomic E-state index is -0.334. The third kappa shape index (κ3) is 2.59. The van der Waals surface area contributed by atoms with E-state index < -0.39 is 0 Å². The monoisotopic (exact) mass is 279 g/mol. The van der Waals surface area contributed by atoms with Crippen LogP contribution in [0.25, 0.3) is 0 Å². The zero-order valence-electron chi connectivity index (χ0n) is 11.9. The highest BCUT2D eigenvalue weighted by atomic mass is 16.5. The minimum Gasteiger partial charge on any atom is -0.468 e. The Kier molecular flexibility index (Phi) is 3.82.